The van der Waals surface area contributed by atoms with Gasteiger partial charge in [0.2, 0.25) is 0 Å². The van der Waals surface area contributed by atoms with Crippen LogP contribution >= 0.6 is 11.6 Å². The van der Waals surface area contributed by atoms with E-state index >= 15 is 0 Å². The predicted octanol–water partition coefficient (Wildman–Crippen LogP) is 3.30. The van der Waals surface area contributed by atoms with Gasteiger partial charge in [-0.2, -0.15) is 0 Å². The third kappa shape index (κ3) is 3.37. The lowest BCUT2D eigenvalue weighted by Crippen LogP contribution is -2.42. The number of carbonyl (C=O) groups excluding carboxylic acids is 2. The molecule has 0 spiro atoms. The predicted molar refractivity (Wildman–Crippen MR) is 87.4 cm³/mol. The lowest BCUT2D eigenvalue weighted by molar-refractivity contribution is -0.131. The minimum atomic E-state index is -0.799. The molecule has 0 bridgehead atoms. The average Bonchev–Trinajstić information content (AvgIpc) is 2.55. The van der Waals surface area contributed by atoms with Crippen LogP contribution in [-0.2, 0) is 16.0 Å². The Hall–Kier alpha value is -2.33. The van der Waals surface area contributed by atoms with Gasteiger partial charge in [0.25, 0.3) is 5.91 Å². The van der Waals surface area contributed by atoms with Crippen molar-refractivity contribution in [2.75, 3.05) is 0 Å². The van der Waals surface area contributed by atoms with Crippen LogP contribution in [0.25, 0.3) is 0 Å². The number of carbonyl (C=O) groups is 2. The van der Waals surface area contributed by atoms with Gasteiger partial charge in [-0.25, -0.2) is 4.79 Å². The summed E-state index contributed by atoms with van der Waals surface area (Å²) in [7, 11) is 0. The summed E-state index contributed by atoms with van der Waals surface area (Å²) in [6.07, 6.45) is -0.409. The van der Waals surface area contributed by atoms with Gasteiger partial charge in [0.15, 0.2) is 6.10 Å². The number of cyclic esters (lactones) is 1. The van der Waals surface area contributed by atoms with E-state index in [1.165, 1.54) is 0 Å². The first kappa shape index (κ1) is 15.6. The van der Waals surface area contributed by atoms with Crippen molar-refractivity contribution in [3.8, 4) is 0 Å². The highest BCUT2D eigenvalue weighted by molar-refractivity contribution is 6.30. The van der Waals surface area contributed by atoms with Crippen molar-refractivity contribution in [1.29, 1.82) is 0 Å². The average molecular weight is 330 g/mol. The van der Waals surface area contributed by atoms with E-state index in [2.05, 4.69) is 5.32 Å². The first-order chi connectivity index (χ1) is 11.0. The van der Waals surface area contributed by atoms with E-state index in [1.807, 2.05) is 31.2 Å². The zero-order valence-electron chi connectivity index (χ0n) is 12.6. The molecule has 2 aromatic carbocycles. The fraction of sp³-hybridized carbons (Fsp3) is 0.222. The second-order valence-electron chi connectivity index (χ2n) is 5.54. The molecule has 0 saturated heterocycles. The van der Waals surface area contributed by atoms with Crippen molar-refractivity contribution in [3.63, 3.8) is 0 Å². The molecule has 4 nitrogen and oxygen atoms in total. The van der Waals surface area contributed by atoms with Gasteiger partial charge in [-0.1, -0.05) is 41.9 Å². The molecule has 118 valence electrons. The van der Waals surface area contributed by atoms with Gasteiger partial charge < -0.3 is 10.1 Å². The SMILES string of the molecule is CC(NC(=O)C1Cc2ccccc2C(=O)O1)c1ccc(Cl)cc1. The fourth-order valence-electron chi connectivity index (χ4n) is 2.62. The number of hydrogen-bond acceptors (Lipinski definition) is 3. The highest BCUT2D eigenvalue weighted by Crippen LogP contribution is 2.22. The zero-order chi connectivity index (χ0) is 16.4. The van der Waals surface area contributed by atoms with Crippen LogP contribution in [0.15, 0.2) is 48.5 Å². The van der Waals surface area contributed by atoms with Crippen molar-refractivity contribution in [3.05, 3.63) is 70.2 Å². The molecule has 1 aliphatic rings. The standard InChI is InChI=1S/C18H16ClNO3/c1-11(12-6-8-14(19)9-7-12)20-17(21)16-10-13-4-2-3-5-15(13)18(22)23-16/h2-9,11,16H,10H2,1H3,(H,20,21). The summed E-state index contributed by atoms with van der Waals surface area (Å²) in [5.41, 5.74) is 2.30. The van der Waals surface area contributed by atoms with Gasteiger partial charge >= 0.3 is 5.97 Å². The van der Waals surface area contributed by atoms with E-state index in [-0.39, 0.29) is 11.9 Å². The lowest BCUT2D eigenvalue weighted by atomic mass is 9.98. The molecule has 0 aliphatic carbocycles. The van der Waals surface area contributed by atoms with Crippen LogP contribution in [0.2, 0.25) is 5.02 Å². The number of benzene rings is 2. The van der Waals surface area contributed by atoms with Gasteiger partial charge in [-0.3, -0.25) is 4.79 Å². The van der Waals surface area contributed by atoms with Gasteiger partial charge in [-0.05, 0) is 36.2 Å². The molecule has 0 fully saturated rings. The minimum absolute atomic E-state index is 0.198. The maximum Gasteiger partial charge on any atom is 0.339 e. The number of rotatable bonds is 3. The van der Waals surface area contributed by atoms with Crippen LogP contribution < -0.4 is 5.32 Å². The monoisotopic (exact) mass is 329 g/mol. The molecule has 0 aromatic heterocycles. The number of hydrogen-bond donors (Lipinski definition) is 1. The highest BCUT2D eigenvalue weighted by Gasteiger charge is 2.31. The number of ether oxygens (including phenoxy) is 1. The van der Waals surface area contributed by atoms with Crippen molar-refractivity contribution >= 4 is 23.5 Å². The van der Waals surface area contributed by atoms with E-state index in [1.54, 1.807) is 24.3 Å². The summed E-state index contributed by atoms with van der Waals surface area (Å²) in [6.45, 7) is 1.87. The Bertz CT molecular complexity index is 742. The third-order valence-corrected chi connectivity index (χ3v) is 4.17. The molecule has 2 aromatic rings. The van der Waals surface area contributed by atoms with E-state index in [9.17, 15) is 9.59 Å². The molecule has 1 heterocycles. The van der Waals surface area contributed by atoms with E-state index in [0.717, 1.165) is 11.1 Å². The first-order valence-corrected chi connectivity index (χ1v) is 7.77. The number of nitrogens with one attached hydrogen (secondary N) is 1. The Morgan fingerprint density at radius 3 is 2.65 bits per heavy atom. The maximum absolute atomic E-state index is 12.4. The Kier molecular flexibility index (Phi) is 4.35. The molecular formula is C18H16ClNO3. The number of halogens is 1. The van der Waals surface area contributed by atoms with Gasteiger partial charge in [-0.15, -0.1) is 0 Å². The van der Waals surface area contributed by atoms with E-state index < -0.39 is 12.1 Å². The highest BCUT2D eigenvalue weighted by atomic mass is 35.5. The number of amides is 1. The van der Waals surface area contributed by atoms with Crippen LogP contribution in [0.1, 0.15) is 34.5 Å². The van der Waals surface area contributed by atoms with Crippen LogP contribution in [0.5, 0.6) is 0 Å². The Morgan fingerprint density at radius 1 is 1.22 bits per heavy atom. The van der Waals surface area contributed by atoms with Crippen LogP contribution in [0, 0.1) is 0 Å². The molecule has 1 N–H and O–H groups in total. The van der Waals surface area contributed by atoms with Gasteiger partial charge in [0.05, 0.1) is 11.6 Å². The van der Waals surface area contributed by atoms with Crippen molar-refractivity contribution in [2.45, 2.75) is 25.5 Å². The van der Waals surface area contributed by atoms with E-state index in [0.29, 0.717) is 17.0 Å². The topological polar surface area (TPSA) is 55.4 Å². The van der Waals surface area contributed by atoms with Crippen LogP contribution in [0.3, 0.4) is 0 Å². The van der Waals surface area contributed by atoms with Crippen LogP contribution in [0.4, 0.5) is 0 Å². The maximum atomic E-state index is 12.4. The zero-order valence-corrected chi connectivity index (χ0v) is 13.3. The molecular weight excluding hydrogens is 314 g/mol. The van der Waals surface area contributed by atoms with Gasteiger partial charge in [0.1, 0.15) is 0 Å². The fourth-order valence-corrected chi connectivity index (χ4v) is 2.74. The molecule has 2 atom stereocenters. The first-order valence-electron chi connectivity index (χ1n) is 7.39. The summed E-state index contributed by atoms with van der Waals surface area (Å²) in [6, 6.07) is 14.3. The molecule has 1 aliphatic heterocycles. The Balaban J connectivity index is 1.69. The minimum Gasteiger partial charge on any atom is -0.448 e. The molecule has 0 saturated carbocycles. The summed E-state index contributed by atoms with van der Waals surface area (Å²) in [4.78, 5) is 24.4. The Labute approximate surface area is 139 Å². The smallest absolute Gasteiger partial charge is 0.339 e. The summed E-state index contributed by atoms with van der Waals surface area (Å²) in [5, 5.41) is 3.52. The van der Waals surface area contributed by atoms with E-state index in [4.69, 9.17) is 16.3 Å². The molecule has 5 heteroatoms. The summed E-state index contributed by atoms with van der Waals surface area (Å²) < 4.78 is 5.26. The largest absolute Gasteiger partial charge is 0.448 e. The van der Waals surface area contributed by atoms with Gasteiger partial charge in [0, 0.05) is 11.4 Å². The quantitative estimate of drug-likeness (QED) is 0.879. The molecule has 2 unspecified atom stereocenters. The second kappa shape index (κ2) is 6.42. The summed E-state index contributed by atoms with van der Waals surface area (Å²) >= 11 is 5.86. The summed E-state index contributed by atoms with van der Waals surface area (Å²) in [5.74, 6) is -0.749. The number of fused-ring (bicyclic) bond motifs is 1. The number of esters is 1. The molecule has 23 heavy (non-hydrogen) atoms. The molecule has 0 radical (unpaired) electrons. The normalized spacial score (nSPS) is 17.8. The second-order valence-corrected chi connectivity index (χ2v) is 5.97. The van der Waals surface area contributed by atoms with Crippen molar-refractivity contribution < 1.29 is 14.3 Å². The van der Waals surface area contributed by atoms with Crippen molar-refractivity contribution in [1.82, 2.24) is 5.32 Å². The lowest BCUT2D eigenvalue weighted by Gasteiger charge is -2.25. The van der Waals surface area contributed by atoms with Crippen LogP contribution in [-0.4, -0.2) is 18.0 Å². The third-order valence-electron chi connectivity index (χ3n) is 3.91. The molecule has 1 amide bonds. The van der Waals surface area contributed by atoms with Crippen molar-refractivity contribution in [2.24, 2.45) is 0 Å². The Morgan fingerprint density at radius 2 is 1.91 bits per heavy atom. The molecule has 3 rings (SSSR count).